The van der Waals surface area contributed by atoms with Crippen LogP contribution in [0.25, 0.3) is 0 Å². The third-order valence-electron chi connectivity index (χ3n) is 2.83. The van der Waals surface area contributed by atoms with Gasteiger partial charge in [-0.3, -0.25) is 0 Å². The molecule has 5 heteroatoms. The Balaban J connectivity index is 2.68. The number of aliphatic hydroxyl groups excluding tert-OH is 1. The molecule has 0 aliphatic heterocycles. The molecule has 1 aromatic rings. The van der Waals surface area contributed by atoms with Gasteiger partial charge in [0.2, 0.25) is 0 Å². The van der Waals surface area contributed by atoms with Crippen LogP contribution in [-0.2, 0) is 0 Å². The fraction of sp³-hybridized carbons (Fsp3) is 0.714. The van der Waals surface area contributed by atoms with Crippen LogP contribution in [0.5, 0.6) is 0 Å². The summed E-state index contributed by atoms with van der Waals surface area (Å²) in [5, 5.41) is 12.3. The molecule has 1 heterocycles. The van der Waals surface area contributed by atoms with Crippen LogP contribution in [0.3, 0.4) is 0 Å². The van der Waals surface area contributed by atoms with E-state index in [1.165, 1.54) is 0 Å². The highest BCUT2D eigenvalue weighted by molar-refractivity contribution is 5.48. The van der Waals surface area contributed by atoms with Gasteiger partial charge in [-0.05, 0) is 18.8 Å². The van der Waals surface area contributed by atoms with Crippen molar-refractivity contribution in [2.24, 2.45) is 5.41 Å². The van der Waals surface area contributed by atoms with E-state index in [9.17, 15) is 0 Å². The molecular formula is C14H26N4O. The molecule has 0 aromatic carbocycles. The van der Waals surface area contributed by atoms with Crippen molar-refractivity contribution in [1.82, 2.24) is 9.97 Å². The molecule has 1 aromatic heterocycles. The van der Waals surface area contributed by atoms with Crippen molar-refractivity contribution >= 4 is 11.6 Å². The number of aryl methyl sites for hydroxylation is 1. The molecule has 0 radical (unpaired) electrons. The van der Waals surface area contributed by atoms with E-state index < -0.39 is 0 Å². The van der Waals surface area contributed by atoms with Gasteiger partial charge in [-0.1, -0.05) is 20.8 Å². The molecule has 0 amide bonds. The Morgan fingerprint density at radius 1 is 1.32 bits per heavy atom. The zero-order valence-corrected chi connectivity index (χ0v) is 12.7. The summed E-state index contributed by atoms with van der Waals surface area (Å²) in [5.74, 6) is 2.41. The molecule has 0 atom stereocenters. The lowest BCUT2D eigenvalue weighted by atomic mass is 9.92. The van der Waals surface area contributed by atoms with Crippen molar-refractivity contribution in [3.8, 4) is 0 Å². The molecule has 0 saturated heterocycles. The first-order chi connectivity index (χ1) is 8.81. The van der Waals surface area contributed by atoms with Crippen LogP contribution in [-0.4, -0.2) is 41.8 Å². The van der Waals surface area contributed by atoms with Gasteiger partial charge in [0.15, 0.2) is 0 Å². The first kappa shape index (κ1) is 15.7. The fourth-order valence-corrected chi connectivity index (χ4v) is 1.67. The number of nitrogens with one attached hydrogen (secondary N) is 1. The number of hydrogen-bond acceptors (Lipinski definition) is 5. The minimum Gasteiger partial charge on any atom is -0.395 e. The molecule has 0 saturated carbocycles. The molecule has 0 aliphatic carbocycles. The highest BCUT2D eigenvalue weighted by atomic mass is 16.3. The quantitative estimate of drug-likeness (QED) is 0.825. The SMILES string of the molecule is Cc1nc(NCCC(C)(C)C)cc(N(C)CCO)n1. The average molecular weight is 266 g/mol. The molecule has 1 rings (SSSR count). The summed E-state index contributed by atoms with van der Waals surface area (Å²) in [4.78, 5) is 10.7. The van der Waals surface area contributed by atoms with Gasteiger partial charge in [-0.15, -0.1) is 0 Å². The fourth-order valence-electron chi connectivity index (χ4n) is 1.67. The number of anilines is 2. The second-order valence-corrected chi connectivity index (χ2v) is 6.04. The van der Waals surface area contributed by atoms with Crippen molar-refractivity contribution in [2.75, 3.05) is 37.0 Å². The number of hydrogen-bond donors (Lipinski definition) is 2. The zero-order valence-electron chi connectivity index (χ0n) is 12.7. The van der Waals surface area contributed by atoms with Crippen LogP contribution < -0.4 is 10.2 Å². The molecule has 108 valence electrons. The van der Waals surface area contributed by atoms with Gasteiger partial charge in [-0.25, -0.2) is 9.97 Å². The molecule has 0 aliphatic rings. The second kappa shape index (κ2) is 6.70. The largest absolute Gasteiger partial charge is 0.395 e. The van der Waals surface area contributed by atoms with E-state index in [0.29, 0.717) is 12.0 Å². The number of aliphatic hydroxyl groups is 1. The molecule has 0 spiro atoms. The van der Waals surface area contributed by atoms with Crippen LogP contribution in [0.2, 0.25) is 0 Å². The number of likely N-dealkylation sites (N-methyl/N-ethyl adjacent to an activating group) is 1. The Morgan fingerprint density at radius 3 is 2.58 bits per heavy atom. The van der Waals surface area contributed by atoms with Gasteiger partial charge >= 0.3 is 0 Å². The summed E-state index contributed by atoms with van der Waals surface area (Å²) >= 11 is 0. The van der Waals surface area contributed by atoms with Gasteiger partial charge in [0.25, 0.3) is 0 Å². The Kier molecular flexibility index (Phi) is 5.54. The van der Waals surface area contributed by atoms with E-state index in [1.54, 1.807) is 0 Å². The summed E-state index contributed by atoms with van der Waals surface area (Å²) < 4.78 is 0. The monoisotopic (exact) mass is 266 g/mol. The van der Waals surface area contributed by atoms with E-state index in [0.717, 1.165) is 30.4 Å². The van der Waals surface area contributed by atoms with Crippen molar-refractivity contribution < 1.29 is 5.11 Å². The molecule has 0 bridgehead atoms. The lowest BCUT2D eigenvalue weighted by molar-refractivity contribution is 0.304. The van der Waals surface area contributed by atoms with E-state index in [2.05, 4.69) is 36.1 Å². The normalized spacial score (nSPS) is 11.5. The van der Waals surface area contributed by atoms with Crippen molar-refractivity contribution in [1.29, 1.82) is 0 Å². The van der Waals surface area contributed by atoms with Gasteiger partial charge in [0.05, 0.1) is 6.61 Å². The molecule has 0 unspecified atom stereocenters. The minimum atomic E-state index is 0.117. The van der Waals surface area contributed by atoms with Gasteiger partial charge in [-0.2, -0.15) is 0 Å². The van der Waals surface area contributed by atoms with Crippen LogP contribution in [0.4, 0.5) is 11.6 Å². The molecule has 5 nitrogen and oxygen atoms in total. The Hall–Kier alpha value is -1.36. The summed E-state index contributed by atoms with van der Waals surface area (Å²) in [6.07, 6.45) is 1.08. The predicted octanol–water partition coefficient (Wildman–Crippen LogP) is 2.06. The third-order valence-corrected chi connectivity index (χ3v) is 2.83. The lowest BCUT2D eigenvalue weighted by Crippen LogP contribution is -2.23. The Bertz CT molecular complexity index is 401. The second-order valence-electron chi connectivity index (χ2n) is 6.04. The Morgan fingerprint density at radius 2 is 2.00 bits per heavy atom. The lowest BCUT2D eigenvalue weighted by Gasteiger charge is -2.20. The number of rotatable bonds is 6. The summed E-state index contributed by atoms with van der Waals surface area (Å²) in [6, 6.07) is 1.92. The minimum absolute atomic E-state index is 0.117. The maximum Gasteiger partial charge on any atom is 0.134 e. The first-order valence-electron chi connectivity index (χ1n) is 6.73. The summed E-state index contributed by atoms with van der Waals surface area (Å²) in [5.41, 5.74) is 0.311. The number of aromatic nitrogens is 2. The van der Waals surface area contributed by atoms with E-state index in [-0.39, 0.29) is 6.61 Å². The third kappa shape index (κ3) is 5.87. The number of nitrogens with zero attached hydrogens (tertiary/aromatic N) is 3. The predicted molar refractivity (Wildman–Crippen MR) is 79.7 cm³/mol. The van der Waals surface area contributed by atoms with Crippen molar-refractivity contribution in [3.05, 3.63) is 11.9 Å². The van der Waals surface area contributed by atoms with E-state index in [4.69, 9.17) is 5.11 Å². The van der Waals surface area contributed by atoms with Crippen molar-refractivity contribution in [3.63, 3.8) is 0 Å². The molecule has 19 heavy (non-hydrogen) atoms. The molecule has 2 N–H and O–H groups in total. The highest BCUT2D eigenvalue weighted by Gasteiger charge is 2.10. The maximum atomic E-state index is 8.97. The maximum absolute atomic E-state index is 8.97. The standard InChI is InChI=1S/C14H26N4O/c1-11-16-12(15-7-6-14(2,3)4)10-13(17-11)18(5)8-9-19/h10,19H,6-9H2,1-5H3,(H,15,16,17). The van der Waals surface area contributed by atoms with Crippen LogP contribution in [0, 0.1) is 12.3 Å². The zero-order chi connectivity index (χ0) is 14.5. The van der Waals surface area contributed by atoms with Gasteiger partial charge in [0, 0.05) is 26.2 Å². The molecular weight excluding hydrogens is 240 g/mol. The summed E-state index contributed by atoms with van der Waals surface area (Å²) in [6.45, 7) is 10.1. The van der Waals surface area contributed by atoms with E-state index in [1.807, 2.05) is 24.9 Å². The Labute approximate surface area is 116 Å². The average Bonchev–Trinajstić information content (AvgIpc) is 2.26. The highest BCUT2D eigenvalue weighted by Crippen LogP contribution is 2.19. The van der Waals surface area contributed by atoms with E-state index >= 15 is 0 Å². The first-order valence-corrected chi connectivity index (χ1v) is 6.73. The van der Waals surface area contributed by atoms with Crippen molar-refractivity contribution in [2.45, 2.75) is 34.1 Å². The smallest absolute Gasteiger partial charge is 0.134 e. The summed E-state index contributed by atoms with van der Waals surface area (Å²) in [7, 11) is 1.91. The topological polar surface area (TPSA) is 61.3 Å². The van der Waals surface area contributed by atoms with Crippen LogP contribution in [0.15, 0.2) is 6.07 Å². The van der Waals surface area contributed by atoms with Crippen LogP contribution in [0.1, 0.15) is 33.0 Å². The van der Waals surface area contributed by atoms with Gasteiger partial charge in [0.1, 0.15) is 17.5 Å². The molecule has 0 fully saturated rings. The van der Waals surface area contributed by atoms with Crippen LogP contribution >= 0.6 is 0 Å². The van der Waals surface area contributed by atoms with Gasteiger partial charge < -0.3 is 15.3 Å².